The number of hydrogen-bond acceptors (Lipinski definition) is 7. The number of aliphatic hydroxyl groups is 1. The van der Waals surface area contributed by atoms with Crippen molar-refractivity contribution in [1.29, 1.82) is 0 Å². The van der Waals surface area contributed by atoms with Crippen LogP contribution in [0.15, 0.2) is 73.8 Å². The lowest BCUT2D eigenvalue weighted by Gasteiger charge is -2.41. The standard InChI is InChI=1S/C42H54BrN3O7/c1-9-12-18-33(48)44(8)28(7)36(29-16-14-13-15-17-29)52-41(51)34-35-39(49)46(32(24-47)26(5)11-3)38(42(35)23-30(43)37(34)53-42)40(50)45(21-10-2)31-22-25(4)19-20-27(31)6/h9-10,13-17,19-20,22,26,28,30,32,34-38,47H,1-2,11-12,18,21,23-24H2,3-8H3/t26-,28+,30?,32-,34+,35-,36-,37+,38+,42-/m0/s1. The van der Waals surface area contributed by atoms with Gasteiger partial charge in [0.05, 0.1) is 36.6 Å². The maximum absolute atomic E-state index is 15.2. The Balaban J connectivity index is 1.59. The second-order valence-corrected chi connectivity index (χ2v) is 16.1. The molecule has 1 spiro atoms. The van der Waals surface area contributed by atoms with E-state index in [-0.39, 0.29) is 42.1 Å². The van der Waals surface area contributed by atoms with Crippen LogP contribution >= 0.6 is 15.9 Å². The van der Waals surface area contributed by atoms with E-state index in [4.69, 9.17) is 9.47 Å². The van der Waals surface area contributed by atoms with Gasteiger partial charge in [-0.05, 0) is 62.3 Å². The van der Waals surface area contributed by atoms with Crippen LogP contribution < -0.4 is 4.90 Å². The summed E-state index contributed by atoms with van der Waals surface area (Å²) in [5.41, 5.74) is 1.86. The third-order valence-electron chi connectivity index (χ3n) is 11.7. The Kier molecular flexibility index (Phi) is 12.7. The van der Waals surface area contributed by atoms with Crippen molar-refractivity contribution in [3.05, 3.63) is 90.5 Å². The van der Waals surface area contributed by atoms with Crippen molar-refractivity contribution in [3.63, 3.8) is 0 Å². The fourth-order valence-corrected chi connectivity index (χ4v) is 9.45. The number of esters is 1. The number of amides is 3. The van der Waals surface area contributed by atoms with E-state index in [0.29, 0.717) is 30.5 Å². The number of hydrogen-bond donors (Lipinski definition) is 1. The third kappa shape index (κ3) is 7.36. The molecular weight excluding hydrogens is 738 g/mol. The van der Waals surface area contributed by atoms with Crippen LogP contribution in [-0.2, 0) is 28.7 Å². The molecule has 5 rings (SSSR count). The summed E-state index contributed by atoms with van der Waals surface area (Å²) in [5, 5.41) is 10.8. The van der Waals surface area contributed by atoms with Crippen LogP contribution in [0.2, 0.25) is 0 Å². The minimum absolute atomic E-state index is 0.118. The van der Waals surface area contributed by atoms with Crippen molar-refractivity contribution in [2.45, 2.75) is 101 Å². The summed E-state index contributed by atoms with van der Waals surface area (Å²) in [7, 11) is 1.69. The lowest BCUT2D eigenvalue weighted by atomic mass is 9.70. The molecular formula is C42H54BrN3O7. The number of anilines is 1. The Morgan fingerprint density at radius 2 is 1.83 bits per heavy atom. The van der Waals surface area contributed by atoms with Crippen molar-refractivity contribution in [1.82, 2.24) is 9.80 Å². The summed E-state index contributed by atoms with van der Waals surface area (Å²) in [6.45, 7) is 17.1. The fourth-order valence-electron chi connectivity index (χ4n) is 8.51. The average Bonchev–Trinajstić information content (AvgIpc) is 3.75. The van der Waals surface area contributed by atoms with E-state index < -0.39 is 59.6 Å². The van der Waals surface area contributed by atoms with E-state index in [2.05, 4.69) is 29.1 Å². The maximum Gasteiger partial charge on any atom is 0.313 e. The molecule has 10 nitrogen and oxygen atoms in total. The van der Waals surface area contributed by atoms with Crippen LogP contribution in [0.25, 0.3) is 0 Å². The number of likely N-dealkylation sites (tertiary alicyclic amines) is 1. The molecule has 3 saturated heterocycles. The number of likely N-dealkylation sites (N-methyl/N-ethyl adjacent to an activating group) is 1. The van der Waals surface area contributed by atoms with Gasteiger partial charge in [0.2, 0.25) is 11.8 Å². The number of aryl methyl sites for hydroxylation is 2. The molecule has 3 amide bonds. The zero-order chi connectivity index (χ0) is 38.8. The van der Waals surface area contributed by atoms with Gasteiger partial charge >= 0.3 is 5.97 Å². The number of halogens is 1. The van der Waals surface area contributed by atoms with Gasteiger partial charge in [0.15, 0.2) is 0 Å². The molecule has 3 aliphatic rings. The molecule has 1 unspecified atom stereocenters. The zero-order valence-corrected chi connectivity index (χ0v) is 33.3. The number of carbonyl (C=O) groups is 4. The van der Waals surface area contributed by atoms with Crippen molar-refractivity contribution >= 4 is 45.3 Å². The number of nitrogens with zero attached hydrogens (tertiary/aromatic N) is 3. The van der Waals surface area contributed by atoms with Crippen LogP contribution in [0.1, 0.15) is 69.2 Å². The molecule has 3 fully saturated rings. The Hall–Kier alpha value is -3.80. The first-order valence-corrected chi connectivity index (χ1v) is 19.6. The van der Waals surface area contributed by atoms with Gasteiger partial charge in [-0.2, -0.15) is 0 Å². The van der Waals surface area contributed by atoms with E-state index in [9.17, 15) is 14.7 Å². The summed E-state index contributed by atoms with van der Waals surface area (Å²) < 4.78 is 13.2. The highest BCUT2D eigenvalue weighted by Gasteiger charge is 2.78. The summed E-state index contributed by atoms with van der Waals surface area (Å²) in [6.07, 6.45) is 3.46. The molecule has 53 heavy (non-hydrogen) atoms. The molecule has 2 bridgehead atoms. The monoisotopic (exact) mass is 791 g/mol. The lowest BCUT2D eigenvalue weighted by molar-refractivity contribution is -0.165. The summed E-state index contributed by atoms with van der Waals surface area (Å²) in [5.74, 6) is -3.78. The number of rotatable bonds is 16. The number of allylic oxidation sites excluding steroid dienone is 1. The maximum atomic E-state index is 15.2. The number of benzene rings is 2. The summed E-state index contributed by atoms with van der Waals surface area (Å²) in [6, 6.07) is 12.7. The van der Waals surface area contributed by atoms with Crippen molar-refractivity contribution in [3.8, 4) is 0 Å². The van der Waals surface area contributed by atoms with Crippen LogP contribution in [0.5, 0.6) is 0 Å². The van der Waals surface area contributed by atoms with Gasteiger partial charge in [-0.1, -0.05) is 90.8 Å². The number of carbonyl (C=O) groups excluding carboxylic acids is 4. The zero-order valence-electron chi connectivity index (χ0n) is 31.7. The van der Waals surface area contributed by atoms with E-state index >= 15 is 9.59 Å². The molecule has 3 aliphatic heterocycles. The molecule has 11 heteroatoms. The summed E-state index contributed by atoms with van der Waals surface area (Å²) in [4.78, 5) is 62.4. The third-order valence-corrected chi connectivity index (χ3v) is 12.5. The highest BCUT2D eigenvalue weighted by molar-refractivity contribution is 9.09. The molecule has 286 valence electrons. The molecule has 2 aromatic carbocycles. The predicted octanol–water partition coefficient (Wildman–Crippen LogP) is 6.08. The van der Waals surface area contributed by atoms with Gasteiger partial charge in [-0.25, -0.2) is 0 Å². The first-order chi connectivity index (χ1) is 25.3. The number of aliphatic hydroxyl groups excluding tert-OH is 1. The number of alkyl halides is 1. The van der Waals surface area contributed by atoms with Gasteiger partial charge < -0.3 is 29.3 Å². The lowest BCUT2D eigenvalue weighted by Crippen LogP contribution is -2.60. The molecule has 3 heterocycles. The Morgan fingerprint density at radius 1 is 1.13 bits per heavy atom. The molecule has 0 saturated carbocycles. The number of ether oxygens (including phenoxy) is 2. The minimum atomic E-state index is -1.37. The largest absolute Gasteiger partial charge is 0.455 e. The predicted molar refractivity (Wildman–Crippen MR) is 208 cm³/mol. The highest BCUT2D eigenvalue weighted by atomic mass is 79.9. The van der Waals surface area contributed by atoms with Gasteiger partial charge in [0.1, 0.15) is 17.7 Å². The first-order valence-electron chi connectivity index (χ1n) is 18.6. The smallest absolute Gasteiger partial charge is 0.313 e. The van der Waals surface area contributed by atoms with Crippen LogP contribution in [-0.4, -0.2) is 93.5 Å². The van der Waals surface area contributed by atoms with Crippen molar-refractivity contribution in [2.24, 2.45) is 17.8 Å². The second kappa shape index (κ2) is 16.7. The highest BCUT2D eigenvalue weighted by Crippen LogP contribution is 2.61. The first kappa shape index (κ1) is 40.4. The second-order valence-electron chi connectivity index (χ2n) is 14.9. The van der Waals surface area contributed by atoms with E-state index in [1.165, 1.54) is 4.90 Å². The fraction of sp³-hybridized carbons (Fsp3) is 0.524. The van der Waals surface area contributed by atoms with Crippen molar-refractivity contribution in [2.75, 3.05) is 25.1 Å². The van der Waals surface area contributed by atoms with Gasteiger partial charge in [0.25, 0.3) is 5.91 Å². The van der Waals surface area contributed by atoms with Gasteiger partial charge in [-0.15, -0.1) is 13.2 Å². The topological polar surface area (TPSA) is 117 Å². The van der Waals surface area contributed by atoms with E-state index in [1.807, 2.05) is 83.1 Å². The van der Waals surface area contributed by atoms with Crippen LogP contribution in [0.3, 0.4) is 0 Å². The Labute approximate surface area is 322 Å². The van der Waals surface area contributed by atoms with Crippen molar-refractivity contribution < 1.29 is 33.8 Å². The average molecular weight is 793 g/mol. The Bertz CT molecular complexity index is 1700. The molecule has 0 aromatic heterocycles. The SMILES string of the molecule is C=CCCC(=O)N(C)[C@H](C)[C@H](OC(=O)[C@H]1[C@@H]2O[C@@]3(CC2Br)[C@@H]1C(=O)N([C@@H](CO)[C@@H](C)CC)[C@@H]3C(=O)N(CC=C)c1cc(C)ccc1C)c1ccccc1. The van der Waals surface area contributed by atoms with E-state index in [0.717, 1.165) is 11.1 Å². The Morgan fingerprint density at radius 3 is 2.45 bits per heavy atom. The van der Waals surface area contributed by atoms with E-state index in [1.54, 1.807) is 29.0 Å². The minimum Gasteiger partial charge on any atom is -0.455 e. The molecule has 10 atom stereocenters. The normalized spacial score (nSPS) is 26.7. The van der Waals surface area contributed by atoms with Gasteiger partial charge in [-0.3, -0.25) is 19.2 Å². The summed E-state index contributed by atoms with van der Waals surface area (Å²) >= 11 is 3.77. The number of fused-ring (bicyclic) bond motifs is 1. The van der Waals surface area contributed by atoms with Crippen LogP contribution in [0.4, 0.5) is 5.69 Å². The molecule has 0 radical (unpaired) electrons. The van der Waals surface area contributed by atoms with Crippen LogP contribution in [0, 0.1) is 31.6 Å². The van der Waals surface area contributed by atoms with Gasteiger partial charge in [0, 0.05) is 30.5 Å². The molecule has 0 aliphatic carbocycles. The quantitative estimate of drug-likeness (QED) is 0.125. The molecule has 1 N–H and O–H groups in total. The molecule has 2 aromatic rings.